The summed E-state index contributed by atoms with van der Waals surface area (Å²) in [5.74, 6) is -1.75. The average Bonchev–Trinajstić information content (AvgIpc) is 3.18. The van der Waals surface area contributed by atoms with E-state index in [0.717, 1.165) is 0 Å². The van der Waals surface area contributed by atoms with Crippen LogP contribution in [0.1, 0.15) is 18.1 Å². The van der Waals surface area contributed by atoms with Crippen LogP contribution in [0.15, 0.2) is 65.8 Å². The Labute approximate surface area is 168 Å². The van der Waals surface area contributed by atoms with Gasteiger partial charge in [-0.2, -0.15) is 5.10 Å². The minimum absolute atomic E-state index is 0.000720. The predicted molar refractivity (Wildman–Crippen MR) is 108 cm³/mol. The van der Waals surface area contributed by atoms with Crippen LogP contribution in [0.3, 0.4) is 0 Å². The monoisotopic (exact) mass is 394 g/mol. The number of hydrogen-bond donors (Lipinski definition) is 1. The minimum atomic E-state index is -1.11. The molecule has 2 N–H and O–H groups in total. The molecule has 2 atom stereocenters. The molecule has 29 heavy (non-hydrogen) atoms. The summed E-state index contributed by atoms with van der Waals surface area (Å²) in [6.07, 6.45) is -1.11. The first-order chi connectivity index (χ1) is 13.9. The third kappa shape index (κ3) is 4.43. The van der Waals surface area contributed by atoms with Gasteiger partial charge in [0, 0.05) is 26.1 Å². The van der Waals surface area contributed by atoms with Crippen molar-refractivity contribution < 1.29 is 19.1 Å². The SMILES string of the molecule is CN(C)C(=O)C(OC(=O)C1=NN(c2ccccc2)C(C(N)=O)C1)c1ccccc1. The van der Waals surface area contributed by atoms with E-state index in [2.05, 4.69) is 5.10 Å². The Balaban J connectivity index is 1.86. The van der Waals surface area contributed by atoms with Gasteiger partial charge in [0.15, 0.2) is 0 Å². The Morgan fingerprint density at radius 1 is 1.07 bits per heavy atom. The Kier molecular flexibility index (Phi) is 5.92. The molecule has 2 aromatic rings. The summed E-state index contributed by atoms with van der Waals surface area (Å²) in [7, 11) is 3.17. The lowest BCUT2D eigenvalue weighted by atomic mass is 10.1. The van der Waals surface area contributed by atoms with E-state index >= 15 is 0 Å². The van der Waals surface area contributed by atoms with Gasteiger partial charge in [-0.25, -0.2) is 4.79 Å². The highest BCUT2D eigenvalue weighted by molar-refractivity contribution is 6.38. The van der Waals surface area contributed by atoms with E-state index in [-0.39, 0.29) is 18.0 Å². The molecular weight excluding hydrogens is 372 g/mol. The highest BCUT2D eigenvalue weighted by atomic mass is 16.5. The van der Waals surface area contributed by atoms with Gasteiger partial charge in [-0.1, -0.05) is 48.5 Å². The first-order valence-electron chi connectivity index (χ1n) is 9.06. The van der Waals surface area contributed by atoms with Crippen LogP contribution in [0.2, 0.25) is 0 Å². The zero-order valence-electron chi connectivity index (χ0n) is 16.2. The molecule has 1 aliphatic heterocycles. The molecule has 0 fully saturated rings. The number of carbonyl (C=O) groups excluding carboxylic acids is 3. The maximum Gasteiger partial charge on any atom is 0.355 e. The van der Waals surface area contributed by atoms with Crippen LogP contribution in [0, 0.1) is 0 Å². The number of ether oxygens (including phenoxy) is 1. The number of likely N-dealkylation sites (N-methyl/N-ethyl adjacent to an activating group) is 1. The number of para-hydroxylation sites is 1. The van der Waals surface area contributed by atoms with E-state index in [1.165, 1.54) is 9.91 Å². The third-order valence-corrected chi connectivity index (χ3v) is 4.49. The van der Waals surface area contributed by atoms with Gasteiger partial charge in [0.05, 0.1) is 5.69 Å². The summed E-state index contributed by atoms with van der Waals surface area (Å²) >= 11 is 0. The number of hydrogen-bond acceptors (Lipinski definition) is 6. The van der Waals surface area contributed by atoms with Crippen LogP contribution in [0.5, 0.6) is 0 Å². The van der Waals surface area contributed by atoms with Crippen molar-refractivity contribution in [2.45, 2.75) is 18.6 Å². The summed E-state index contributed by atoms with van der Waals surface area (Å²) in [4.78, 5) is 38.6. The van der Waals surface area contributed by atoms with Crippen molar-refractivity contribution in [1.29, 1.82) is 0 Å². The molecular formula is C21H22N4O4. The average molecular weight is 394 g/mol. The summed E-state index contributed by atoms with van der Waals surface area (Å²) in [5.41, 5.74) is 6.71. The van der Waals surface area contributed by atoms with E-state index < -0.39 is 24.0 Å². The fourth-order valence-corrected chi connectivity index (χ4v) is 2.97. The number of benzene rings is 2. The van der Waals surface area contributed by atoms with Gasteiger partial charge in [0.1, 0.15) is 11.8 Å². The largest absolute Gasteiger partial charge is 0.443 e. The molecule has 0 aromatic heterocycles. The van der Waals surface area contributed by atoms with E-state index in [1.807, 2.05) is 6.07 Å². The second kappa shape index (κ2) is 8.55. The Morgan fingerprint density at radius 3 is 2.21 bits per heavy atom. The number of hydrazone groups is 1. The van der Waals surface area contributed by atoms with Crippen molar-refractivity contribution in [3.8, 4) is 0 Å². The number of esters is 1. The zero-order chi connectivity index (χ0) is 21.0. The zero-order valence-corrected chi connectivity index (χ0v) is 16.2. The van der Waals surface area contributed by atoms with Crippen LogP contribution in [0.4, 0.5) is 5.69 Å². The lowest BCUT2D eigenvalue weighted by Crippen LogP contribution is -2.39. The molecule has 2 aromatic carbocycles. The number of nitrogens with two attached hydrogens (primary N) is 1. The van der Waals surface area contributed by atoms with E-state index in [1.54, 1.807) is 68.7 Å². The first-order valence-corrected chi connectivity index (χ1v) is 9.06. The van der Waals surface area contributed by atoms with Crippen LogP contribution >= 0.6 is 0 Å². The van der Waals surface area contributed by atoms with Crippen molar-refractivity contribution in [2.24, 2.45) is 10.8 Å². The standard InChI is InChI=1S/C21H22N4O4/c1-24(2)20(27)18(14-9-5-3-6-10-14)29-21(28)16-13-17(19(22)26)25(23-16)15-11-7-4-8-12-15/h3-12,17-18H,13H2,1-2H3,(H2,22,26). The van der Waals surface area contributed by atoms with E-state index in [4.69, 9.17) is 10.5 Å². The number of amides is 2. The molecule has 0 aliphatic carbocycles. The molecule has 0 saturated carbocycles. The second-order valence-corrected chi connectivity index (χ2v) is 6.78. The van der Waals surface area contributed by atoms with Crippen molar-refractivity contribution in [2.75, 3.05) is 19.1 Å². The normalized spacial score (nSPS) is 16.7. The molecule has 1 heterocycles. The highest BCUT2D eigenvalue weighted by Crippen LogP contribution is 2.26. The quantitative estimate of drug-likeness (QED) is 0.747. The molecule has 0 radical (unpaired) electrons. The molecule has 8 nitrogen and oxygen atoms in total. The molecule has 0 bridgehead atoms. The predicted octanol–water partition coefficient (Wildman–Crippen LogP) is 1.48. The number of primary amides is 1. The van der Waals surface area contributed by atoms with Gasteiger partial charge in [-0.3, -0.25) is 14.6 Å². The minimum Gasteiger partial charge on any atom is -0.443 e. The fourth-order valence-electron chi connectivity index (χ4n) is 2.97. The third-order valence-electron chi connectivity index (χ3n) is 4.49. The molecule has 0 spiro atoms. The van der Waals surface area contributed by atoms with Crippen molar-refractivity contribution in [3.63, 3.8) is 0 Å². The number of nitrogens with zero attached hydrogens (tertiary/aromatic N) is 3. The van der Waals surface area contributed by atoms with Crippen LogP contribution in [-0.2, 0) is 19.1 Å². The lowest BCUT2D eigenvalue weighted by molar-refractivity contribution is -0.154. The molecule has 3 rings (SSSR count). The summed E-state index contributed by atoms with van der Waals surface area (Å²) in [6, 6.07) is 16.9. The van der Waals surface area contributed by atoms with Gasteiger partial charge >= 0.3 is 5.97 Å². The molecule has 0 saturated heterocycles. The summed E-state index contributed by atoms with van der Waals surface area (Å²) in [5, 5.41) is 5.67. The fraction of sp³-hybridized carbons (Fsp3) is 0.238. The topological polar surface area (TPSA) is 105 Å². The molecule has 8 heteroatoms. The van der Waals surface area contributed by atoms with Crippen LogP contribution < -0.4 is 10.7 Å². The van der Waals surface area contributed by atoms with Crippen molar-refractivity contribution in [1.82, 2.24) is 4.90 Å². The Morgan fingerprint density at radius 2 is 1.66 bits per heavy atom. The lowest BCUT2D eigenvalue weighted by Gasteiger charge is -2.21. The molecule has 2 unspecified atom stereocenters. The number of rotatable bonds is 6. The first kappa shape index (κ1) is 20.1. The smallest absolute Gasteiger partial charge is 0.355 e. The molecule has 2 amide bonds. The molecule has 150 valence electrons. The highest BCUT2D eigenvalue weighted by Gasteiger charge is 2.37. The summed E-state index contributed by atoms with van der Waals surface area (Å²) in [6.45, 7) is 0. The van der Waals surface area contributed by atoms with Crippen LogP contribution in [0.25, 0.3) is 0 Å². The maximum atomic E-state index is 12.8. The van der Waals surface area contributed by atoms with E-state index in [9.17, 15) is 14.4 Å². The van der Waals surface area contributed by atoms with Crippen molar-refractivity contribution >= 4 is 29.2 Å². The number of carbonyl (C=O) groups is 3. The Bertz CT molecular complexity index is 928. The van der Waals surface area contributed by atoms with Gasteiger partial charge < -0.3 is 15.4 Å². The van der Waals surface area contributed by atoms with E-state index in [0.29, 0.717) is 11.3 Å². The van der Waals surface area contributed by atoms with Gasteiger partial charge in [-0.05, 0) is 12.1 Å². The van der Waals surface area contributed by atoms with Crippen LogP contribution in [-0.4, -0.2) is 48.5 Å². The summed E-state index contributed by atoms with van der Waals surface area (Å²) < 4.78 is 5.52. The maximum absolute atomic E-state index is 12.8. The molecule has 1 aliphatic rings. The van der Waals surface area contributed by atoms with Gasteiger partial charge in [0.2, 0.25) is 12.0 Å². The van der Waals surface area contributed by atoms with Gasteiger partial charge in [-0.15, -0.1) is 0 Å². The van der Waals surface area contributed by atoms with Gasteiger partial charge in [0.25, 0.3) is 5.91 Å². The number of anilines is 1. The Hall–Kier alpha value is -3.68. The second-order valence-electron chi connectivity index (χ2n) is 6.78. The van der Waals surface area contributed by atoms with Crippen molar-refractivity contribution in [3.05, 3.63) is 66.2 Å².